The topological polar surface area (TPSA) is 52.6 Å². The highest BCUT2D eigenvalue weighted by atomic mass is 35.5. The van der Waals surface area contributed by atoms with Crippen molar-refractivity contribution in [3.63, 3.8) is 0 Å². The van der Waals surface area contributed by atoms with Crippen LogP contribution in [0.3, 0.4) is 0 Å². The van der Waals surface area contributed by atoms with Gasteiger partial charge in [0, 0.05) is 12.0 Å². The predicted octanol–water partition coefficient (Wildman–Crippen LogP) is 2.89. The first-order valence-corrected chi connectivity index (χ1v) is 5.87. The van der Waals surface area contributed by atoms with Crippen molar-refractivity contribution in [3.8, 4) is 0 Å². The lowest BCUT2D eigenvalue weighted by molar-refractivity contribution is -0.134. The molecule has 0 radical (unpaired) electrons. The number of carbonyl (C=O) groups excluding carboxylic acids is 2. The third-order valence-electron chi connectivity index (χ3n) is 2.26. The van der Waals surface area contributed by atoms with E-state index < -0.39 is 23.4 Å². The third kappa shape index (κ3) is 4.62. The molecule has 1 rings (SSSR count). The Balaban J connectivity index is 2.54. The summed E-state index contributed by atoms with van der Waals surface area (Å²) in [6.07, 6.45) is 2.01. The minimum atomic E-state index is -1.15. The zero-order valence-corrected chi connectivity index (χ0v) is 11.2. The number of rotatable bonds is 6. The summed E-state index contributed by atoms with van der Waals surface area (Å²) in [5.74, 6) is -3.37. The van der Waals surface area contributed by atoms with Crippen LogP contribution in [0.15, 0.2) is 24.5 Å². The number of hydrogen-bond donors (Lipinski definition) is 0. The fourth-order valence-corrected chi connectivity index (χ4v) is 1.52. The third-order valence-corrected chi connectivity index (χ3v) is 2.57. The molecule has 0 saturated carbocycles. The quantitative estimate of drug-likeness (QED) is 0.202. The SMILES string of the molecule is COC(=O)C=COCCC(=O)c1cc(F)c(F)cc1Cl. The molecule has 20 heavy (non-hydrogen) atoms. The van der Waals surface area contributed by atoms with E-state index in [0.717, 1.165) is 24.5 Å². The molecule has 108 valence electrons. The Kier molecular flexibility index (Phi) is 6.11. The summed E-state index contributed by atoms with van der Waals surface area (Å²) in [4.78, 5) is 22.4. The molecule has 0 spiro atoms. The molecule has 0 aliphatic carbocycles. The summed E-state index contributed by atoms with van der Waals surface area (Å²) in [5.41, 5.74) is -0.119. The van der Waals surface area contributed by atoms with Crippen molar-refractivity contribution in [2.75, 3.05) is 13.7 Å². The lowest BCUT2D eigenvalue weighted by atomic mass is 10.1. The highest BCUT2D eigenvalue weighted by molar-refractivity contribution is 6.33. The molecule has 0 saturated heterocycles. The van der Waals surface area contributed by atoms with Gasteiger partial charge in [-0.3, -0.25) is 4.79 Å². The second-order valence-electron chi connectivity index (χ2n) is 3.62. The highest BCUT2D eigenvalue weighted by Gasteiger charge is 2.14. The number of hydrogen-bond acceptors (Lipinski definition) is 4. The van der Waals surface area contributed by atoms with Crippen LogP contribution in [0, 0.1) is 11.6 Å². The maximum absolute atomic E-state index is 13.0. The van der Waals surface area contributed by atoms with Gasteiger partial charge in [0.2, 0.25) is 0 Å². The van der Waals surface area contributed by atoms with Gasteiger partial charge in [-0.2, -0.15) is 0 Å². The number of carbonyl (C=O) groups is 2. The van der Waals surface area contributed by atoms with Gasteiger partial charge in [-0.15, -0.1) is 0 Å². The van der Waals surface area contributed by atoms with Crippen molar-refractivity contribution in [3.05, 3.63) is 46.7 Å². The number of methoxy groups -OCH3 is 1. The Hall–Kier alpha value is -1.95. The van der Waals surface area contributed by atoms with Gasteiger partial charge < -0.3 is 9.47 Å². The fraction of sp³-hybridized carbons (Fsp3) is 0.231. The van der Waals surface area contributed by atoms with Crippen LogP contribution in [0.4, 0.5) is 8.78 Å². The number of halogens is 3. The molecule has 0 unspecified atom stereocenters. The summed E-state index contributed by atoms with van der Waals surface area (Å²) in [7, 11) is 1.21. The van der Waals surface area contributed by atoms with Crippen molar-refractivity contribution < 1.29 is 27.8 Å². The van der Waals surface area contributed by atoms with Crippen LogP contribution in [0.2, 0.25) is 5.02 Å². The second-order valence-corrected chi connectivity index (χ2v) is 4.02. The van der Waals surface area contributed by atoms with E-state index in [1.54, 1.807) is 0 Å². The molecule has 7 heteroatoms. The monoisotopic (exact) mass is 304 g/mol. The van der Waals surface area contributed by atoms with Gasteiger partial charge in [0.1, 0.15) is 0 Å². The standard InChI is InChI=1S/C13H11ClF2O4/c1-19-13(18)3-5-20-4-2-12(17)8-6-10(15)11(16)7-9(8)14/h3,5-7H,2,4H2,1H3. The number of ether oxygens (including phenoxy) is 2. The zero-order chi connectivity index (χ0) is 15.1. The molecular formula is C13H11ClF2O4. The van der Waals surface area contributed by atoms with E-state index in [1.807, 2.05) is 0 Å². The molecule has 1 aromatic rings. The van der Waals surface area contributed by atoms with Gasteiger partial charge in [0.05, 0.1) is 31.1 Å². The van der Waals surface area contributed by atoms with Crippen LogP contribution in [0.1, 0.15) is 16.8 Å². The van der Waals surface area contributed by atoms with E-state index >= 15 is 0 Å². The van der Waals surface area contributed by atoms with Crippen LogP contribution in [-0.2, 0) is 14.3 Å². The second kappa shape index (κ2) is 7.59. The first kappa shape index (κ1) is 16.1. The van der Waals surface area contributed by atoms with E-state index in [0.29, 0.717) is 0 Å². The number of ketones is 1. The molecule has 0 atom stereocenters. The Morgan fingerprint density at radius 2 is 1.95 bits per heavy atom. The van der Waals surface area contributed by atoms with Gasteiger partial charge >= 0.3 is 5.97 Å². The van der Waals surface area contributed by atoms with Crippen molar-refractivity contribution in [2.24, 2.45) is 0 Å². The summed E-state index contributed by atoms with van der Waals surface area (Å²) in [6, 6.07) is 1.48. The van der Waals surface area contributed by atoms with Gasteiger partial charge in [-0.05, 0) is 12.1 Å². The molecule has 0 N–H and O–H groups in total. The first-order valence-electron chi connectivity index (χ1n) is 5.49. The smallest absolute Gasteiger partial charge is 0.333 e. The molecule has 4 nitrogen and oxygen atoms in total. The number of esters is 1. The largest absolute Gasteiger partial charge is 0.500 e. The Bertz CT molecular complexity index is 543. The molecule has 0 heterocycles. The average Bonchev–Trinajstić information content (AvgIpc) is 2.41. The average molecular weight is 305 g/mol. The molecular weight excluding hydrogens is 294 g/mol. The predicted molar refractivity (Wildman–Crippen MR) is 67.4 cm³/mol. The Morgan fingerprint density at radius 1 is 1.30 bits per heavy atom. The summed E-state index contributed by atoms with van der Waals surface area (Å²) < 4.78 is 35.0. The van der Waals surface area contributed by atoms with Gasteiger partial charge in [-0.1, -0.05) is 11.6 Å². The molecule has 0 amide bonds. The lowest BCUT2D eigenvalue weighted by Gasteiger charge is -2.04. The van der Waals surface area contributed by atoms with E-state index in [9.17, 15) is 18.4 Å². The van der Waals surface area contributed by atoms with Gasteiger partial charge in [0.25, 0.3) is 0 Å². The van der Waals surface area contributed by atoms with E-state index in [2.05, 4.69) is 4.74 Å². The van der Waals surface area contributed by atoms with Crippen LogP contribution in [0.5, 0.6) is 0 Å². The van der Waals surface area contributed by atoms with Gasteiger partial charge in [0.15, 0.2) is 17.4 Å². The van der Waals surface area contributed by atoms with Crippen molar-refractivity contribution >= 4 is 23.4 Å². The molecule has 0 aliphatic heterocycles. The minimum Gasteiger partial charge on any atom is -0.500 e. The Labute approximate surface area is 118 Å². The van der Waals surface area contributed by atoms with E-state index in [1.165, 1.54) is 7.11 Å². The number of Topliss-reactive ketones (excluding diaryl/α,β-unsaturated/α-hetero) is 1. The first-order chi connectivity index (χ1) is 9.45. The van der Waals surface area contributed by atoms with Crippen LogP contribution < -0.4 is 0 Å². The molecule has 0 aromatic heterocycles. The summed E-state index contributed by atoms with van der Waals surface area (Å²) in [5, 5.41) is -0.168. The summed E-state index contributed by atoms with van der Waals surface area (Å²) in [6.45, 7) is -0.0400. The summed E-state index contributed by atoms with van der Waals surface area (Å²) >= 11 is 5.65. The zero-order valence-electron chi connectivity index (χ0n) is 10.5. The maximum atomic E-state index is 13.0. The van der Waals surface area contributed by atoms with E-state index in [-0.39, 0.29) is 23.6 Å². The molecule has 0 aliphatic rings. The fourth-order valence-electron chi connectivity index (χ4n) is 1.26. The van der Waals surface area contributed by atoms with Crippen LogP contribution in [0.25, 0.3) is 0 Å². The van der Waals surface area contributed by atoms with E-state index in [4.69, 9.17) is 16.3 Å². The maximum Gasteiger partial charge on any atom is 0.333 e. The van der Waals surface area contributed by atoms with Crippen molar-refractivity contribution in [1.29, 1.82) is 0 Å². The molecule has 0 fully saturated rings. The van der Waals surface area contributed by atoms with Crippen LogP contribution in [-0.4, -0.2) is 25.5 Å². The lowest BCUT2D eigenvalue weighted by Crippen LogP contribution is -2.05. The molecule has 0 bridgehead atoms. The number of benzene rings is 1. The van der Waals surface area contributed by atoms with Crippen molar-refractivity contribution in [2.45, 2.75) is 6.42 Å². The Morgan fingerprint density at radius 3 is 2.60 bits per heavy atom. The van der Waals surface area contributed by atoms with Crippen LogP contribution >= 0.6 is 11.6 Å². The van der Waals surface area contributed by atoms with Gasteiger partial charge in [-0.25, -0.2) is 13.6 Å². The minimum absolute atomic E-state index is 0.0400. The molecule has 1 aromatic carbocycles. The normalized spacial score (nSPS) is 10.6. The highest BCUT2D eigenvalue weighted by Crippen LogP contribution is 2.21. The van der Waals surface area contributed by atoms with Crippen molar-refractivity contribution in [1.82, 2.24) is 0 Å².